The topological polar surface area (TPSA) is 114 Å². The lowest BCUT2D eigenvalue weighted by Gasteiger charge is -2.23. The van der Waals surface area contributed by atoms with Gasteiger partial charge in [-0.15, -0.1) is 0 Å². The van der Waals surface area contributed by atoms with Gasteiger partial charge in [-0.1, -0.05) is 23.4 Å². The van der Waals surface area contributed by atoms with Crippen LogP contribution in [-0.4, -0.2) is 48.7 Å². The Morgan fingerprint density at radius 2 is 1.97 bits per heavy atom. The molecule has 1 aliphatic rings. The Bertz CT molecular complexity index is 861. The summed E-state index contributed by atoms with van der Waals surface area (Å²) in [6, 6.07) is 10.5. The number of benzene rings is 1. The molecule has 2 heterocycles. The molecular weight excluding hydrogens is 388 g/mol. The number of amides is 3. The zero-order chi connectivity index (χ0) is 21.3. The van der Waals surface area contributed by atoms with Crippen LogP contribution in [-0.2, 0) is 19.1 Å². The Morgan fingerprint density at radius 3 is 2.63 bits per heavy atom. The van der Waals surface area contributed by atoms with E-state index in [-0.39, 0.29) is 43.2 Å². The highest BCUT2D eigenvalue weighted by atomic mass is 16.5. The predicted octanol–water partition coefficient (Wildman–Crippen LogP) is 2.03. The molecule has 1 saturated heterocycles. The number of ether oxygens (including phenoxy) is 1. The maximum atomic E-state index is 12.8. The van der Waals surface area contributed by atoms with Crippen LogP contribution in [0.2, 0.25) is 0 Å². The molecule has 0 aliphatic carbocycles. The number of para-hydroxylation sites is 1. The van der Waals surface area contributed by atoms with Crippen LogP contribution in [0.4, 0.5) is 11.5 Å². The maximum absolute atomic E-state index is 12.8. The molecule has 9 nitrogen and oxygen atoms in total. The van der Waals surface area contributed by atoms with E-state index in [1.165, 1.54) is 4.90 Å². The molecule has 1 aliphatic heterocycles. The molecule has 30 heavy (non-hydrogen) atoms. The summed E-state index contributed by atoms with van der Waals surface area (Å²) >= 11 is 0. The van der Waals surface area contributed by atoms with Gasteiger partial charge in [-0.2, -0.15) is 0 Å². The van der Waals surface area contributed by atoms with Gasteiger partial charge < -0.3 is 24.8 Å². The van der Waals surface area contributed by atoms with Gasteiger partial charge in [0.2, 0.25) is 17.7 Å². The number of nitrogens with one attached hydrogen (secondary N) is 2. The summed E-state index contributed by atoms with van der Waals surface area (Å²) in [6.45, 7) is 2.73. The number of hydrogen-bond donors (Lipinski definition) is 2. The summed E-state index contributed by atoms with van der Waals surface area (Å²) in [5.74, 6) is -0.0679. The summed E-state index contributed by atoms with van der Waals surface area (Å²) in [5.41, 5.74) is 0.599. The predicted molar refractivity (Wildman–Crippen MR) is 110 cm³/mol. The first-order valence-corrected chi connectivity index (χ1v) is 9.98. The van der Waals surface area contributed by atoms with Crippen molar-refractivity contribution in [3.05, 3.63) is 42.2 Å². The molecule has 2 aromatic rings. The Balaban J connectivity index is 1.55. The average Bonchev–Trinajstić information content (AvgIpc) is 3.41. The molecule has 1 aromatic heterocycles. The molecule has 3 amide bonds. The molecule has 9 heteroatoms. The molecular formula is C21H26N4O5. The summed E-state index contributed by atoms with van der Waals surface area (Å²) in [4.78, 5) is 38.7. The number of nitrogens with zero attached hydrogens (tertiary/aromatic N) is 2. The largest absolute Gasteiger partial charge is 0.376 e. The highest BCUT2D eigenvalue weighted by molar-refractivity contribution is 6.01. The summed E-state index contributed by atoms with van der Waals surface area (Å²) < 4.78 is 10.4. The monoisotopic (exact) mass is 414 g/mol. The van der Waals surface area contributed by atoms with E-state index in [1.54, 1.807) is 37.3 Å². The van der Waals surface area contributed by atoms with E-state index in [9.17, 15) is 14.4 Å². The average molecular weight is 414 g/mol. The number of rotatable bonds is 9. The van der Waals surface area contributed by atoms with E-state index in [4.69, 9.17) is 9.26 Å². The standard InChI is InChI=1S/C21H26N4O5/c1-15-12-18(24-30-15)23-19(26)9-10-21(28)25(16-6-3-2-4-7-16)14-20(27)22-13-17-8-5-11-29-17/h2-4,6-7,12,17H,5,8-11,13-14H2,1H3,(H,22,27)(H,23,24,26)/t17-/m1/s1. The fourth-order valence-electron chi connectivity index (χ4n) is 3.15. The molecule has 0 spiro atoms. The first-order chi connectivity index (χ1) is 14.5. The van der Waals surface area contributed by atoms with Crippen LogP contribution >= 0.6 is 0 Å². The second kappa shape index (κ2) is 10.5. The van der Waals surface area contributed by atoms with Crippen LogP contribution in [0.15, 0.2) is 40.9 Å². The highest BCUT2D eigenvalue weighted by Gasteiger charge is 2.22. The molecule has 1 fully saturated rings. The fraction of sp³-hybridized carbons (Fsp3) is 0.429. The van der Waals surface area contributed by atoms with Crippen molar-refractivity contribution >= 4 is 29.2 Å². The van der Waals surface area contributed by atoms with Crippen LogP contribution < -0.4 is 15.5 Å². The van der Waals surface area contributed by atoms with E-state index in [2.05, 4.69) is 15.8 Å². The minimum absolute atomic E-state index is 0.0266. The molecule has 1 aromatic carbocycles. The number of carbonyl (C=O) groups is 3. The van der Waals surface area contributed by atoms with Gasteiger partial charge in [-0.05, 0) is 31.9 Å². The van der Waals surface area contributed by atoms with Gasteiger partial charge in [-0.25, -0.2) is 0 Å². The van der Waals surface area contributed by atoms with Crippen LogP contribution in [0.1, 0.15) is 31.4 Å². The molecule has 0 unspecified atom stereocenters. The molecule has 160 valence electrons. The third-order valence-corrected chi connectivity index (χ3v) is 4.68. The zero-order valence-electron chi connectivity index (χ0n) is 16.9. The van der Waals surface area contributed by atoms with Crippen LogP contribution in [0.25, 0.3) is 0 Å². The van der Waals surface area contributed by atoms with Crippen molar-refractivity contribution in [3.63, 3.8) is 0 Å². The highest BCUT2D eigenvalue weighted by Crippen LogP contribution is 2.16. The number of aryl methyl sites for hydroxylation is 1. The normalized spacial score (nSPS) is 15.6. The van der Waals surface area contributed by atoms with Gasteiger partial charge in [0.15, 0.2) is 5.82 Å². The third-order valence-electron chi connectivity index (χ3n) is 4.68. The van der Waals surface area contributed by atoms with Crippen LogP contribution in [0, 0.1) is 6.92 Å². The van der Waals surface area contributed by atoms with Crippen molar-refractivity contribution in [2.24, 2.45) is 0 Å². The third kappa shape index (κ3) is 6.41. The van der Waals surface area contributed by atoms with Crippen molar-refractivity contribution in [2.45, 2.75) is 38.7 Å². The van der Waals surface area contributed by atoms with Crippen LogP contribution in [0.3, 0.4) is 0 Å². The van der Waals surface area contributed by atoms with E-state index >= 15 is 0 Å². The SMILES string of the molecule is Cc1cc(NC(=O)CCC(=O)N(CC(=O)NC[C@H]2CCCO2)c2ccccc2)no1. The van der Waals surface area contributed by atoms with E-state index in [0.717, 1.165) is 12.8 Å². The van der Waals surface area contributed by atoms with Gasteiger partial charge in [0.05, 0.1) is 6.10 Å². The Hall–Kier alpha value is -3.20. The lowest BCUT2D eigenvalue weighted by molar-refractivity contribution is -0.125. The summed E-state index contributed by atoms with van der Waals surface area (Å²) in [6.07, 6.45) is 1.86. The zero-order valence-corrected chi connectivity index (χ0v) is 16.9. The summed E-state index contributed by atoms with van der Waals surface area (Å²) in [7, 11) is 0. The Kier molecular flexibility index (Phi) is 7.56. The first-order valence-electron chi connectivity index (χ1n) is 9.98. The van der Waals surface area contributed by atoms with Crippen molar-refractivity contribution in [3.8, 4) is 0 Å². The smallest absolute Gasteiger partial charge is 0.240 e. The van der Waals surface area contributed by atoms with Crippen molar-refractivity contribution in [1.29, 1.82) is 0 Å². The van der Waals surface area contributed by atoms with E-state index < -0.39 is 0 Å². The Labute approximate surface area is 174 Å². The second-order valence-corrected chi connectivity index (χ2v) is 7.13. The van der Waals surface area contributed by atoms with Crippen molar-refractivity contribution in [2.75, 3.05) is 29.9 Å². The number of anilines is 2. The van der Waals surface area contributed by atoms with E-state index in [0.29, 0.717) is 30.4 Å². The molecule has 1 atom stereocenters. The molecule has 2 N–H and O–H groups in total. The first kappa shape index (κ1) is 21.5. The lowest BCUT2D eigenvalue weighted by atomic mass is 10.2. The maximum Gasteiger partial charge on any atom is 0.240 e. The molecule has 0 bridgehead atoms. The van der Waals surface area contributed by atoms with Gasteiger partial charge in [0, 0.05) is 37.7 Å². The quantitative estimate of drug-likeness (QED) is 0.649. The minimum Gasteiger partial charge on any atom is -0.376 e. The minimum atomic E-state index is -0.354. The van der Waals surface area contributed by atoms with Gasteiger partial charge >= 0.3 is 0 Å². The molecule has 0 radical (unpaired) electrons. The lowest BCUT2D eigenvalue weighted by Crippen LogP contribution is -2.43. The second-order valence-electron chi connectivity index (χ2n) is 7.13. The van der Waals surface area contributed by atoms with Gasteiger partial charge in [-0.3, -0.25) is 14.4 Å². The fourth-order valence-corrected chi connectivity index (χ4v) is 3.15. The number of aromatic nitrogens is 1. The van der Waals surface area contributed by atoms with Crippen LogP contribution in [0.5, 0.6) is 0 Å². The van der Waals surface area contributed by atoms with Gasteiger partial charge in [0.25, 0.3) is 0 Å². The number of hydrogen-bond acceptors (Lipinski definition) is 6. The molecule has 0 saturated carbocycles. The van der Waals surface area contributed by atoms with Gasteiger partial charge in [0.1, 0.15) is 12.3 Å². The van der Waals surface area contributed by atoms with Crippen molar-refractivity contribution < 1.29 is 23.6 Å². The van der Waals surface area contributed by atoms with Crippen molar-refractivity contribution in [1.82, 2.24) is 10.5 Å². The Morgan fingerprint density at radius 1 is 1.17 bits per heavy atom. The molecule has 3 rings (SSSR count). The van der Waals surface area contributed by atoms with E-state index in [1.807, 2.05) is 6.07 Å². The number of carbonyl (C=O) groups excluding carboxylic acids is 3. The summed E-state index contributed by atoms with van der Waals surface area (Å²) in [5, 5.41) is 9.10.